The number of amides is 1. The van der Waals surface area contributed by atoms with Crippen molar-refractivity contribution in [3.05, 3.63) is 11.4 Å². The highest BCUT2D eigenvalue weighted by Crippen LogP contribution is 2.36. The van der Waals surface area contributed by atoms with Crippen LogP contribution in [0.25, 0.3) is 0 Å². The van der Waals surface area contributed by atoms with E-state index in [0.29, 0.717) is 0 Å². The first-order valence-electron chi connectivity index (χ1n) is 6.74. The lowest BCUT2D eigenvalue weighted by Gasteiger charge is -2.32. The lowest BCUT2D eigenvalue weighted by Crippen LogP contribution is -2.41. The summed E-state index contributed by atoms with van der Waals surface area (Å²) in [5.41, 5.74) is 4.34. The Kier molecular flexibility index (Phi) is 3.46. The van der Waals surface area contributed by atoms with Crippen molar-refractivity contribution in [1.29, 1.82) is 0 Å². The van der Waals surface area contributed by atoms with E-state index in [2.05, 4.69) is 10.5 Å². The van der Waals surface area contributed by atoms with Gasteiger partial charge in [-0.3, -0.25) is 4.79 Å². The number of hydrogen-bond acceptors (Lipinski definition) is 4. The Morgan fingerprint density at radius 1 is 1.20 bits per heavy atom. The molecule has 20 heavy (non-hydrogen) atoms. The van der Waals surface area contributed by atoms with E-state index >= 15 is 0 Å². The Morgan fingerprint density at radius 3 is 2.15 bits per heavy atom. The molecule has 0 bridgehead atoms. The summed E-state index contributed by atoms with van der Waals surface area (Å²) in [6.45, 7) is 13.3. The molecular formula is C13H22BN3O3. The fraction of sp³-hybridized carbons (Fsp3) is 0.692. The number of aromatic nitrogens is 2. The van der Waals surface area contributed by atoms with Crippen LogP contribution < -0.4 is 10.9 Å². The fourth-order valence-electron chi connectivity index (χ4n) is 2.21. The number of hydrogen-bond donors (Lipinski definition) is 1. The second kappa shape index (κ2) is 4.60. The van der Waals surface area contributed by atoms with E-state index in [0.717, 1.165) is 16.9 Å². The molecule has 0 radical (unpaired) electrons. The molecule has 0 aromatic carbocycles. The molecule has 1 amide bonds. The van der Waals surface area contributed by atoms with Gasteiger partial charge in [0.05, 0.1) is 22.6 Å². The summed E-state index contributed by atoms with van der Waals surface area (Å²) < 4.78 is 12.1. The van der Waals surface area contributed by atoms with Crippen LogP contribution in [0.3, 0.4) is 0 Å². The third-order valence-electron chi connectivity index (χ3n) is 4.10. The maximum absolute atomic E-state index is 11.2. The average molecular weight is 279 g/mol. The highest BCUT2D eigenvalue weighted by molar-refractivity contribution is 6.63. The molecule has 0 aliphatic carbocycles. The van der Waals surface area contributed by atoms with Crippen LogP contribution in [0.5, 0.6) is 0 Å². The molecule has 1 fully saturated rings. The maximum atomic E-state index is 11.2. The van der Waals surface area contributed by atoms with E-state index in [1.807, 2.05) is 41.5 Å². The molecule has 110 valence electrons. The first-order chi connectivity index (χ1) is 9.05. The molecule has 0 saturated carbocycles. The van der Waals surface area contributed by atoms with Crippen molar-refractivity contribution in [1.82, 2.24) is 9.89 Å². The molecule has 0 atom stereocenters. The molecule has 0 spiro atoms. The Hall–Kier alpha value is -1.34. The van der Waals surface area contributed by atoms with Gasteiger partial charge in [0.25, 0.3) is 0 Å². The van der Waals surface area contributed by atoms with Gasteiger partial charge in [0.15, 0.2) is 0 Å². The smallest absolute Gasteiger partial charge is 0.399 e. The minimum absolute atomic E-state index is 0.170. The standard InChI is InChI=1S/C13H22BN3O3/c1-8-11(9(2)17(15-8)16-10(3)18)14-19-12(4,5)13(6,7)20-14/h1-7H3,(H,16,18). The van der Waals surface area contributed by atoms with Crippen molar-refractivity contribution in [2.45, 2.75) is 59.7 Å². The van der Waals surface area contributed by atoms with Crippen LogP contribution in [0.4, 0.5) is 0 Å². The van der Waals surface area contributed by atoms with E-state index in [9.17, 15) is 4.79 Å². The normalized spacial score (nSPS) is 20.2. The van der Waals surface area contributed by atoms with E-state index in [1.54, 1.807) is 0 Å². The Balaban J connectivity index is 2.36. The van der Waals surface area contributed by atoms with Gasteiger partial charge in [0.2, 0.25) is 5.91 Å². The average Bonchev–Trinajstić information content (AvgIpc) is 2.61. The van der Waals surface area contributed by atoms with Crippen molar-refractivity contribution >= 4 is 18.5 Å². The van der Waals surface area contributed by atoms with Crippen LogP contribution >= 0.6 is 0 Å². The minimum atomic E-state index is -0.470. The van der Waals surface area contributed by atoms with Gasteiger partial charge < -0.3 is 9.31 Å². The van der Waals surface area contributed by atoms with Gasteiger partial charge in [-0.2, -0.15) is 9.89 Å². The second-order valence-corrected chi connectivity index (χ2v) is 6.25. The molecule has 2 heterocycles. The summed E-state index contributed by atoms with van der Waals surface area (Å²) >= 11 is 0. The van der Waals surface area contributed by atoms with Gasteiger partial charge in [-0.15, -0.1) is 0 Å². The van der Waals surface area contributed by atoms with Gasteiger partial charge in [-0.1, -0.05) is 0 Å². The van der Waals surface area contributed by atoms with E-state index < -0.39 is 18.3 Å². The number of rotatable bonds is 2. The zero-order valence-corrected chi connectivity index (χ0v) is 13.2. The van der Waals surface area contributed by atoms with E-state index in [4.69, 9.17) is 9.31 Å². The quantitative estimate of drug-likeness (QED) is 0.816. The summed E-state index contributed by atoms with van der Waals surface area (Å²) in [7, 11) is -0.470. The van der Waals surface area contributed by atoms with Crippen LogP contribution in [0, 0.1) is 13.8 Å². The Labute approximate surface area is 119 Å². The van der Waals surface area contributed by atoms with Crippen molar-refractivity contribution < 1.29 is 14.1 Å². The first kappa shape index (κ1) is 15.1. The Bertz CT molecular complexity index is 535. The molecule has 1 aliphatic rings. The number of nitrogens with zero attached hydrogens (tertiary/aromatic N) is 2. The molecule has 1 aliphatic heterocycles. The number of nitrogens with one attached hydrogen (secondary N) is 1. The number of carbonyl (C=O) groups is 1. The molecule has 2 rings (SSSR count). The SMILES string of the molecule is CC(=O)Nn1nc(C)c(B2OC(C)(C)C(C)(C)O2)c1C. The fourth-order valence-corrected chi connectivity index (χ4v) is 2.21. The molecule has 0 unspecified atom stereocenters. The summed E-state index contributed by atoms with van der Waals surface area (Å²) in [5, 5.41) is 4.32. The third kappa shape index (κ3) is 2.36. The van der Waals surface area contributed by atoms with Crippen molar-refractivity contribution in [3.63, 3.8) is 0 Å². The van der Waals surface area contributed by atoms with E-state index in [-0.39, 0.29) is 5.91 Å². The maximum Gasteiger partial charge on any atom is 0.498 e. The monoisotopic (exact) mass is 279 g/mol. The zero-order valence-electron chi connectivity index (χ0n) is 13.2. The molecule has 1 N–H and O–H groups in total. The van der Waals surface area contributed by atoms with Crippen LogP contribution in [0.1, 0.15) is 46.0 Å². The minimum Gasteiger partial charge on any atom is -0.399 e. The number of aryl methyl sites for hydroxylation is 1. The summed E-state index contributed by atoms with van der Waals surface area (Å²) in [6.07, 6.45) is 0. The van der Waals surface area contributed by atoms with Crippen LogP contribution in [-0.2, 0) is 14.1 Å². The lowest BCUT2D eigenvalue weighted by molar-refractivity contribution is -0.115. The summed E-state index contributed by atoms with van der Waals surface area (Å²) in [5.74, 6) is -0.170. The highest BCUT2D eigenvalue weighted by atomic mass is 16.7. The van der Waals surface area contributed by atoms with Gasteiger partial charge in [0, 0.05) is 12.4 Å². The molecule has 1 aromatic rings. The number of carbonyl (C=O) groups excluding carboxylic acids is 1. The van der Waals surface area contributed by atoms with Crippen molar-refractivity contribution in [2.24, 2.45) is 0 Å². The first-order valence-corrected chi connectivity index (χ1v) is 6.74. The van der Waals surface area contributed by atoms with Crippen LogP contribution in [0.2, 0.25) is 0 Å². The lowest BCUT2D eigenvalue weighted by atomic mass is 9.77. The molecular weight excluding hydrogens is 257 g/mol. The third-order valence-corrected chi connectivity index (χ3v) is 4.10. The van der Waals surface area contributed by atoms with Gasteiger partial charge >= 0.3 is 7.12 Å². The Morgan fingerprint density at radius 2 is 1.70 bits per heavy atom. The molecule has 1 saturated heterocycles. The van der Waals surface area contributed by atoms with Crippen LogP contribution in [0.15, 0.2) is 0 Å². The van der Waals surface area contributed by atoms with Gasteiger partial charge in [-0.05, 0) is 41.5 Å². The summed E-state index contributed by atoms with van der Waals surface area (Å²) in [4.78, 5) is 12.6. The van der Waals surface area contributed by atoms with Crippen LogP contribution in [-0.4, -0.2) is 34.1 Å². The molecule has 7 heteroatoms. The van der Waals surface area contributed by atoms with Crippen molar-refractivity contribution in [3.8, 4) is 0 Å². The largest absolute Gasteiger partial charge is 0.498 e. The molecule has 6 nitrogen and oxygen atoms in total. The van der Waals surface area contributed by atoms with E-state index in [1.165, 1.54) is 11.7 Å². The predicted octanol–water partition coefficient (Wildman–Crippen LogP) is 0.889. The topological polar surface area (TPSA) is 65.4 Å². The van der Waals surface area contributed by atoms with Gasteiger partial charge in [-0.25, -0.2) is 5.43 Å². The summed E-state index contributed by atoms with van der Waals surface area (Å²) in [6, 6.07) is 0. The molecule has 1 aromatic heterocycles. The zero-order chi connectivity index (χ0) is 15.3. The van der Waals surface area contributed by atoms with Crippen molar-refractivity contribution in [2.75, 3.05) is 5.43 Å². The highest BCUT2D eigenvalue weighted by Gasteiger charge is 2.53. The van der Waals surface area contributed by atoms with Gasteiger partial charge in [0.1, 0.15) is 0 Å². The predicted molar refractivity (Wildman–Crippen MR) is 77.5 cm³/mol. The second-order valence-electron chi connectivity index (χ2n) is 6.25.